The van der Waals surface area contributed by atoms with Crippen LogP contribution in [0.5, 0.6) is 5.75 Å². The van der Waals surface area contributed by atoms with Gasteiger partial charge in [-0.05, 0) is 26.0 Å². The van der Waals surface area contributed by atoms with Gasteiger partial charge in [-0.1, -0.05) is 35.9 Å². The summed E-state index contributed by atoms with van der Waals surface area (Å²) in [5.41, 5.74) is 3.81. The molecule has 1 aromatic heterocycles. The normalized spacial score (nSPS) is 10.4. The summed E-state index contributed by atoms with van der Waals surface area (Å²) in [6.45, 7) is 4.51. The van der Waals surface area contributed by atoms with E-state index in [-0.39, 0.29) is 6.03 Å². The molecule has 0 fully saturated rings. The Morgan fingerprint density at radius 1 is 1.23 bits per heavy atom. The minimum Gasteiger partial charge on any atom is -0.497 e. The van der Waals surface area contributed by atoms with Crippen molar-refractivity contribution in [3.05, 3.63) is 59.5 Å². The van der Waals surface area contributed by atoms with Gasteiger partial charge in [0.15, 0.2) is 5.13 Å². The zero-order valence-corrected chi connectivity index (χ0v) is 15.8. The maximum absolute atomic E-state index is 12.7. The van der Waals surface area contributed by atoms with Gasteiger partial charge >= 0.3 is 6.03 Å². The van der Waals surface area contributed by atoms with E-state index in [4.69, 9.17) is 4.74 Å². The fourth-order valence-electron chi connectivity index (χ4n) is 2.50. The van der Waals surface area contributed by atoms with Crippen LogP contribution in [0.1, 0.15) is 12.5 Å². The molecular formula is C20H21N3O2S. The highest BCUT2D eigenvalue weighted by molar-refractivity contribution is 7.14. The maximum atomic E-state index is 12.7. The summed E-state index contributed by atoms with van der Waals surface area (Å²) in [6.07, 6.45) is 0. The van der Waals surface area contributed by atoms with E-state index in [1.54, 1.807) is 18.1 Å². The lowest BCUT2D eigenvalue weighted by atomic mass is 10.1. The number of carbonyl (C=O) groups excluding carboxylic acids is 1. The molecule has 26 heavy (non-hydrogen) atoms. The Labute approximate surface area is 157 Å². The van der Waals surface area contributed by atoms with E-state index >= 15 is 0 Å². The van der Waals surface area contributed by atoms with Crippen LogP contribution in [0, 0.1) is 6.92 Å². The number of rotatable bonds is 5. The first-order valence-corrected chi connectivity index (χ1v) is 9.24. The minimum atomic E-state index is -0.217. The van der Waals surface area contributed by atoms with Crippen LogP contribution in [0.2, 0.25) is 0 Å². The molecule has 0 atom stereocenters. The molecule has 5 nitrogen and oxygen atoms in total. The van der Waals surface area contributed by atoms with E-state index < -0.39 is 0 Å². The van der Waals surface area contributed by atoms with Crippen LogP contribution >= 0.6 is 11.3 Å². The van der Waals surface area contributed by atoms with Gasteiger partial charge in [0.2, 0.25) is 0 Å². The molecule has 2 amide bonds. The van der Waals surface area contributed by atoms with Crippen molar-refractivity contribution >= 4 is 28.2 Å². The van der Waals surface area contributed by atoms with Crippen molar-refractivity contribution in [2.24, 2.45) is 0 Å². The predicted molar refractivity (Wildman–Crippen MR) is 107 cm³/mol. The summed E-state index contributed by atoms with van der Waals surface area (Å²) in [5.74, 6) is 0.696. The molecule has 134 valence electrons. The van der Waals surface area contributed by atoms with Crippen LogP contribution in [0.25, 0.3) is 11.3 Å². The van der Waals surface area contributed by atoms with Gasteiger partial charge < -0.3 is 10.1 Å². The molecule has 3 rings (SSSR count). The molecule has 0 unspecified atom stereocenters. The molecule has 6 heteroatoms. The molecule has 0 bridgehead atoms. The summed E-state index contributed by atoms with van der Waals surface area (Å²) < 4.78 is 5.19. The van der Waals surface area contributed by atoms with Crippen molar-refractivity contribution in [3.8, 4) is 17.0 Å². The first-order valence-electron chi connectivity index (χ1n) is 8.36. The quantitative estimate of drug-likeness (QED) is 0.675. The SMILES string of the molecule is CCN(C(=O)Nc1cccc(OC)c1)c1nc(-c2ccc(C)cc2)cs1. The Hall–Kier alpha value is -2.86. The van der Waals surface area contributed by atoms with Crippen molar-refractivity contribution in [2.45, 2.75) is 13.8 Å². The van der Waals surface area contributed by atoms with Crippen molar-refractivity contribution in [1.29, 1.82) is 0 Å². The molecule has 0 saturated carbocycles. The molecule has 0 spiro atoms. The van der Waals surface area contributed by atoms with Gasteiger partial charge in [-0.2, -0.15) is 0 Å². The van der Waals surface area contributed by atoms with Crippen LogP contribution in [-0.2, 0) is 0 Å². The minimum absolute atomic E-state index is 0.217. The molecule has 0 radical (unpaired) electrons. The number of nitrogens with one attached hydrogen (secondary N) is 1. The monoisotopic (exact) mass is 367 g/mol. The fourth-order valence-corrected chi connectivity index (χ4v) is 3.40. The molecule has 1 heterocycles. The largest absolute Gasteiger partial charge is 0.497 e. The van der Waals surface area contributed by atoms with Gasteiger partial charge in [0.25, 0.3) is 0 Å². The average Bonchev–Trinajstić information content (AvgIpc) is 3.12. The van der Waals surface area contributed by atoms with Gasteiger partial charge in [-0.25, -0.2) is 9.78 Å². The number of benzene rings is 2. The molecule has 3 aromatic rings. The van der Waals surface area contributed by atoms with Gasteiger partial charge in [0.1, 0.15) is 5.75 Å². The number of ether oxygens (including phenoxy) is 1. The third kappa shape index (κ3) is 4.03. The number of amides is 2. The lowest BCUT2D eigenvalue weighted by Gasteiger charge is -2.18. The second-order valence-corrected chi connectivity index (χ2v) is 6.62. The Balaban J connectivity index is 1.77. The second-order valence-electron chi connectivity index (χ2n) is 5.79. The highest BCUT2D eigenvalue weighted by atomic mass is 32.1. The second kappa shape index (κ2) is 8.01. The highest BCUT2D eigenvalue weighted by Crippen LogP contribution is 2.28. The number of methoxy groups -OCH3 is 1. The summed E-state index contributed by atoms with van der Waals surface area (Å²) in [4.78, 5) is 18.9. The van der Waals surface area contributed by atoms with E-state index in [0.29, 0.717) is 23.1 Å². The lowest BCUT2D eigenvalue weighted by molar-refractivity contribution is 0.257. The van der Waals surface area contributed by atoms with Crippen molar-refractivity contribution < 1.29 is 9.53 Å². The van der Waals surface area contributed by atoms with Crippen LogP contribution in [0.4, 0.5) is 15.6 Å². The molecule has 1 N–H and O–H groups in total. The number of urea groups is 1. The van der Waals surface area contributed by atoms with Crippen LogP contribution in [0.3, 0.4) is 0 Å². The third-order valence-corrected chi connectivity index (χ3v) is 4.82. The molecule has 2 aromatic carbocycles. The molecule has 0 saturated heterocycles. The number of aromatic nitrogens is 1. The van der Waals surface area contributed by atoms with Gasteiger partial charge in [-0.15, -0.1) is 11.3 Å². The van der Waals surface area contributed by atoms with Crippen molar-refractivity contribution in [3.63, 3.8) is 0 Å². The zero-order chi connectivity index (χ0) is 18.5. The molecule has 0 aliphatic rings. The summed E-state index contributed by atoms with van der Waals surface area (Å²) in [6, 6.07) is 15.3. The maximum Gasteiger partial charge on any atom is 0.328 e. The summed E-state index contributed by atoms with van der Waals surface area (Å²) in [7, 11) is 1.60. The first-order chi connectivity index (χ1) is 12.6. The number of thiazole rings is 1. The number of nitrogens with zero attached hydrogens (tertiary/aromatic N) is 2. The smallest absolute Gasteiger partial charge is 0.328 e. The lowest BCUT2D eigenvalue weighted by Crippen LogP contribution is -2.34. The number of anilines is 2. The zero-order valence-electron chi connectivity index (χ0n) is 15.0. The van der Waals surface area contributed by atoms with Crippen molar-refractivity contribution in [2.75, 3.05) is 23.9 Å². The van der Waals surface area contributed by atoms with E-state index in [1.165, 1.54) is 16.9 Å². The van der Waals surface area contributed by atoms with E-state index in [2.05, 4.69) is 29.4 Å². The average molecular weight is 367 g/mol. The standard InChI is InChI=1S/C20H21N3O2S/c1-4-23(19(24)21-16-6-5-7-17(12-16)25-3)20-22-18(13-26-20)15-10-8-14(2)9-11-15/h5-13H,4H2,1-3H3,(H,21,24). The Morgan fingerprint density at radius 3 is 2.69 bits per heavy atom. The number of aryl methyl sites for hydroxylation is 1. The summed E-state index contributed by atoms with van der Waals surface area (Å²) in [5, 5.41) is 5.54. The predicted octanol–water partition coefficient (Wildman–Crippen LogP) is 5.19. The van der Waals surface area contributed by atoms with Gasteiger partial charge in [0.05, 0.1) is 12.8 Å². The fraction of sp³-hybridized carbons (Fsp3) is 0.200. The van der Waals surface area contributed by atoms with E-state index in [0.717, 1.165) is 11.3 Å². The first kappa shape index (κ1) is 17.9. The van der Waals surface area contributed by atoms with Gasteiger partial charge in [0, 0.05) is 29.2 Å². The Kier molecular flexibility index (Phi) is 5.53. The van der Waals surface area contributed by atoms with Gasteiger partial charge in [-0.3, -0.25) is 4.90 Å². The Morgan fingerprint density at radius 2 is 2.00 bits per heavy atom. The number of carbonyl (C=O) groups is 1. The third-order valence-electron chi connectivity index (χ3n) is 3.95. The van der Waals surface area contributed by atoms with Crippen molar-refractivity contribution in [1.82, 2.24) is 4.98 Å². The van der Waals surface area contributed by atoms with Crippen LogP contribution < -0.4 is 15.0 Å². The van der Waals surface area contributed by atoms with Crippen LogP contribution in [0.15, 0.2) is 53.9 Å². The Bertz CT molecular complexity index is 890. The molecule has 0 aliphatic heterocycles. The topological polar surface area (TPSA) is 54.5 Å². The molecule has 0 aliphatic carbocycles. The van der Waals surface area contributed by atoms with E-state index in [9.17, 15) is 4.79 Å². The number of hydrogen-bond acceptors (Lipinski definition) is 4. The summed E-state index contributed by atoms with van der Waals surface area (Å²) >= 11 is 1.46. The highest BCUT2D eigenvalue weighted by Gasteiger charge is 2.18. The van der Waals surface area contributed by atoms with E-state index in [1.807, 2.05) is 42.6 Å². The molecular weight excluding hydrogens is 346 g/mol. The number of hydrogen-bond donors (Lipinski definition) is 1. The van der Waals surface area contributed by atoms with Crippen LogP contribution in [-0.4, -0.2) is 24.7 Å².